The van der Waals surface area contributed by atoms with E-state index in [2.05, 4.69) is 0 Å². The Bertz CT molecular complexity index is 204. The average molecular weight is 353 g/mol. The van der Waals surface area contributed by atoms with E-state index < -0.39 is 37.5 Å². The smallest absolute Gasteiger partial charge is 1.00 e. The molecule has 0 rings (SSSR count). The summed E-state index contributed by atoms with van der Waals surface area (Å²) in [6, 6.07) is 0. The molecule has 3 N–H and O–H groups in total. The first-order chi connectivity index (χ1) is 5.91. The molecule has 0 bridgehead atoms. The minimum absolute atomic E-state index is 0. The number of carbonyl (C=O) groups is 3. The first kappa shape index (κ1) is 30.1. The third-order valence-corrected chi connectivity index (χ3v) is 1.08. The zero-order chi connectivity index (χ0) is 10.4. The second kappa shape index (κ2) is 15.8. The molecule has 11 heteroatoms. The second-order valence-corrected chi connectivity index (χ2v) is 2.33. The first-order valence-corrected chi connectivity index (χ1v) is 3.29. The van der Waals surface area contributed by atoms with Crippen LogP contribution in [-0.4, -0.2) is 57.8 Å². The minimum Gasteiger partial charge on any atom is -1.00 e. The third-order valence-electron chi connectivity index (χ3n) is 1.08. The van der Waals surface area contributed by atoms with Gasteiger partial charge in [0.15, 0.2) is 0 Å². The van der Waals surface area contributed by atoms with Crippen molar-refractivity contribution in [1.29, 1.82) is 0 Å². The quantitative estimate of drug-likeness (QED) is 0.406. The summed E-state index contributed by atoms with van der Waals surface area (Å²) in [7, 11) is 0. The fourth-order valence-corrected chi connectivity index (χ4v) is 0.742. The Kier molecular flexibility index (Phi) is 27.9. The number of nitrogens with zero attached hydrogens (tertiary/aromatic N) is 1. The van der Waals surface area contributed by atoms with Gasteiger partial charge in [-0.25, -0.2) is 0 Å². The normalized spacial score (nSPS) is 7.59. The van der Waals surface area contributed by atoms with Gasteiger partial charge in [-0.3, -0.25) is 19.3 Å². The number of carboxylic acids is 3. The van der Waals surface area contributed by atoms with Crippen molar-refractivity contribution in [2.24, 2.45) is 0 Å². The summed E-state index contributed by atoms with van der Waals surface area (Å²) >= 11 is 0. The van der Waals surface area contributed by atoms with E-state index in [0.717, 1.165) is 4.90 Å². The Morgan fingerprint density at radius 2 is 0.882 bits per heavy atom. The van der Waals surface area contributed by atoms with Gasteiger partial charge in [0.25, 0.3) is 0 Å². The van der Waals surface area contributed by atoms with Gasteiger partial charge in [0.1, 0.15) is 0 Å². The van der Waals surface area contributed by atoms with Gasteiger partial charge in [0.2, 0.25) is 0 Å². The molecule has 0 atom stereocenters. The maximum Gasteiger partial charge on any atom is 3.00 e. The number of carboxylic acid groups (broad SMARTS) is 3. The molecule has 0 aromatic heterocycles. The number of hydrogen-bond donors (Lipinski definition) is 3. The summed E-state index contributed by atoms with van der Waals surface area (Å²) in [6.45, 7) is -1.80. The van der Waals surface area contributed by atoms with Crippen LogP contribution in [-0.2, 0) is 31.5 Å². The monoisotopic (exact) mass is 352 g/mol. The van der Waals surface area contributed by atoms with E-state index >= 15 is 0 Å². The average Bonchev–Trinajstić information content (AvgIpc) is 1.80. The first-order valence-electron chi connectivity index (χ1n) is 3.29. The Morgan fingerprint density at radius 1 is 0.706 bits per heavy atom. The van der Waals surface area contributed by atoms with Crippen molar-refractivity contribution < 1.29 is 84.0 Å². The molecule has 1 radical (unpaired) electrons. The molecule has 7 nitrogen and oxygen atoms in total. The predicted molar refractivity (Wildman–Crippen MR) is 39.3 cm³/mol. The zero-order valence-corrected chi connectivity index (χ0v) is 11.5. The van der Waals surface area contributed by atoms with E-state index in [9.17, 15) is 14.4 Å². The van der Waals surface area contributed by atoms with Gasteiger partial charge in [-0.2, -0.15) is 0 Å². The maximum atomic E-state index is 10.1. The van der Waals surface area contributed by atoms with E-state index in [1.165, 1.54) is 0 Å². The SMILES string of the molecule is O=C(O)CN(CC(=O)O)CC(=O)O.[Cl-].[Cl-].[Cl-].[Fe+3]. The number of aliphatic carboxylic acids is 3. The van der Waals surface area contributed by atoms with Gasteiger partial charge < -0.3 is 52.5 Å². The molecule has 0 saturated carbocycles. The topological polar surface area (TPSA) is 115 Å². The van der Waals surface area contributed by atoms with Crippen molar-refractivity contribution in [1.82, 2.24) is 4.90 Å². The molecule has 0 fully saturated rings. The molecular weight excluding hydrogens is 344 g/mol. The Labute approximate surface area is 126 Å². The molecule has 0 unspecified atom stereocenters. The minimum atomic E-state index is -1.26. The van der Waals surface area contributed by atoms with Gasteiger partial charge >= 0.3 is 35.0 Å². The molecule has 0 heterocycles. The zero-order valence-electron chi connectivity index (χ0n) is 8.12. The standard InChI is InChI=1S/C6H9NO6.3ClH.Fe/c8-4(9)1-7(2-5(10)11)3-6(12)13;;;;/h1-3H2,(H,8,9)(H,10,11)(H,12,13);3*1H;/q;;;;+3/p-3. The van der Waals surface area contributed by atoms with Crippen molar-refractivity contribution in [3.8, 4) is 0 Å². The van der Waals surface area contributed by atoms with Crippen LogP contribution in [0.2, 0.25) is 0 Å². The molecule has 0 aromatic carbocycles. The number of hydrogen-bond acceptors (Lipinski definition) is 4. The van der Waals surface area contributed by atoms with Crippen LogP contribution < -0.4 is 37.2 Å². The summed E-state index contributed by atoms with van der Waals surface area (Å²) in [6.07, 6.45) is 0. The summed E-state index contributed by atoms with van der Waals surface area (Å²) < 4.78 is 0. The largest absolute Gasteiger partial charge is 3.00 e. The fraction of sp³-hybridized carbons (Fsp3) is 0.500. The molecule has 0 aliphatic rings. The van der Waals surface area contributed by atoms with Gasteiger partial charge in [-0.15, -0.1) is 0 Å². The second-order valence-electron chi connectivity index (χ2n) is 2.33. The van der Waals surface area contributed by atoms with Gasteiger partial charge in [-0.05, 0) is 0 Å². The maximum absolute atomic E-state index is 10.1. The van der Waals surface area contributed by atoms with Gasteiger partial charge in [-0.1, -0.05) is 0 Å². The van der Waals surface area contributed by atoms with E-state index in [0.29, 0.717) is 0 Å². The van der Waals surface area contributed by atoms with E-state index in [1.54, 1.807) is 0 Å². The van der Waals surface area contributed by atoms with Crippen LogP contribution in [0.1, 0.15) is 0 Å². The summed E-state index contributed by atoms with van der Waals surface area (Å²) in [5.41, 5.74) is 0. The van der Waals surface area contributed by atoms with Crippen LogP contribution in [0.25, 0.3) is 0 Å². The van der Waals surface area contributed by atoms with Gasteiger partial charge in [0, 0.05) is 0 Å². The van der Waals surface area contributed by atoms with Gasteiger partial charge in [0.05, 0.1) is 19.6 Å². The van der Waals surface area contributed by atoms with Crippen LogP contribution in [0.5, 0.6) is 0 Å². The van der Waals surface area contributed by atoms with Crippen molar-refractivity contribution in [2.75, 3.05) is 19.6 Å². The third kappa shape index (κ3) is 21.6. The summed E-state index contributed by atoms with van der Waals surface area (Å²) in [4.78, 5) is 31.2. The predicted octanol–water partition coefficient (Wildman–Crippen LogP) is -10.4. The molecular formula is C6H9Cl3FeNO6. The van der Waals surface area contributed by atoms with Crippen LogP contribution in [0.15, 0.2) is 0 Å². The molecule has 0 amide bonds. The summed E-state index contributed by atoms with van der Waals surface area (Å²) in [5, 5.41) is 24.8. The van der Waals surface area contributed by atoms with Crippen molar-refractivity contribution >= 4 is 17.9 Å². The molecule has 0 spiro atoms. The molecule has 0 saturated heterocycles. The molecule has 0 aliphatic carbocycles. The van der Waals surface area contributed by atoms with Crippen LogP contribution in [0.3, 0.4) is 0 Å². The molecule has 103 valence electrons. The fourth-order valence-electron chi connectivity index (χ4n) is 0.742. The molecule has 17 heavy (non-hydrogen) atoms. The van der Waals surface area contributed by atoms with Crippen LogP contribution in [0.4, 0.5) is 0 Å². The van der Waals surface area contributed by atoms with Crippen LogP contribution in [0, 0.1) is 0 Å². The van der Waals surface area contributed by atoms with E-state index in [1.807, 2.05) is 0 Å². The van der Waals surface area contributed by atoms with Crippen molar-refractivity contribution in [2.45, 2.75) is 0 Å². The van der Waals surface area contributed by atoms with E-state index in [4.69, 9.17) is 15.3 Å². The number of halogens is 3. The Hall–Kier alpha value is -0.241. The van der Waals surface area contributed by atoms with Crippen molar-refractivity contribution in [3.63, 3.8) is 0 Å². The van der Waals surface area contributed by atoms with Crippen molar-refractivity contribution in [3.05, 3.63) is 0 Å². The van der Waals surface area contributed by atoms with E-state index in [-0.39, 0.29) is 54.3 Å². The Balaban J connectivity index is -0.000000120. The molecule has 0 aromatic rings. The molecule has 0 aliphatic heterocycles. The summed E-state index contributed by atoms with van der Waals surface area (Å²) in [5.74, 6) is -3.78. The number of rotatable bonds is 6. The Morgan fingerprint density at radius 3 is 1.00 bits per heavy atom. The van der Waals surface area contributed by atoms with Crippen LogP contribution >= 0.6 is 0 Å².